The summed E-state index contributed by atoms with van der Waals surface area (Å²) in [5, 5.41) is 0. The number of para-hydroxylation sites is 2. The molecule has 0 aliphatic heterocycles. The monoisotopic (exact) mass is 644 g/mol. The molecule has 2 aromatic carbocycles. The maximum absolute atomic E-state index is 12.0. The molecule has 2 N–H and O–H groups in total. The molecule has 10 heteroatoms. The SMILES string of the molecule is CCCCC1=C(C)C=CC(Oc2ccccc2)(S(=O)(=O)O)C1.CCCCC1=C(S(=O)(=O)O)C=CC(C)(Oc2ccccc2)C1. The van der Waals surface area contributed by atoms with Crippen LogP contribution in [-0.2, 0) is 20.2 Å². The lowest BCUT2D eigenvalue weighted by Gasteiger charge is -2.32. The Hall–Kier alpha value is -3.18. The van der Waals surface area contributed by atoms with Crippen LogP contribution in [0.1, 0.15) is 79.1 Å². The van der Waals surface area contributed by atoms with Crippen molar-refractivity contribution in [3.63, 3.8) is 0 Å². The summed E-state index contributed by atoms with van der Waals surface area (Å²) >= 11 is 0. The van der Waals surface area contributed by atoms with E-state index in [1.807, 2.05) is 57.2 Å². The highest BCUT2D eigenvalue weighted by Crippen LogP contribution is 2.38. The summed E-state index contributed by atoms with van der Waals surface area (Å²) in [6.07, 6.45) is 12.2. The second-order valence-electron chi connectivity index (χ2n) is 11.4. The third kappa shape index (κ3) is 9.66. The van der Waals surface area contributed by atoms with Crippen LogP contribution in [0.2, 0.25) is 0 Å². The van der Waals surface area contributed by atoms with Crippen molar-refractivity contribution in [1.29, 1.82) is 0 Å². The fraction of sp³-hybridized carbons (Fsp3) is 0.412. The quantitative estimate of drug-likeness (QED) is 0.221. The maximum Gasteiger partial charge on any atom is 0.310 e. The normalized spacial score (nSPS) is 22.0. The first-order valence-electron chi connectivity index (χ1n) is 14.9. The maximum atomic E-state index is 12.0. The van der Waals surface area contributed by atoms with Gasteiger partial charge in [0.25, 0.3) is 15.1 Å². The van der Waals surface area contributed by atoms with Crippen LogP contribution in [0.15, 0.2) is 107 Å². The molecule has 2 aromatic rings. The summed E-state index contributed by atoms with van der Waals surface area (Å²) in [5.74, 6) is 1.15. The molecule has 0 bridgehead atoms. The lowest BCUT2D eigenvalue weighted by molar-refractivity contribution is 0.138. The zero-order valence-electron chi connectivity index (χ0n) is 25.9. The summed E-state index contributed by atoms with van der Waals surface area (Å²) in [4.78, 5) is -1.72. The van der Waals surface area contributed by atoms with Crippen LogP contribution >= 0.6 is 0 Å². The number of hydrogen-bond donors (Lipinski definition) is 2. The van der Waals surface area contributed by atoms with Crippen molar-refractivity contribution in [3.05, 3.63) is 107 Å². The van der Waals surface area contributed by atoms with Crippen LogP contribution in [-0.4, -0.2) is 36.5 Å². The highest BCUT2D eigenvalue weighted by Gasteiger charge is 2.45. The summed E-state index contributed by atoms with van der Waals surface area (Å²) < 4.78 is 77.9. The van der Waals surface area contributed by atoms with Crippen LogP contribution in [0.5, 0.6) is 11.5 Å². The molecule has 0 amide bonds. The van der Waals surface area contributed by atoms with E-state index in [-0.39, 0.29) is 11.3 Å². The van der Waals surface area contributed by atoms with Crippen molar-refractivity contribution < 1.29 is 35.4 Å². The molecule has 0 heterocycles. The fourth-order valence-electron chi connectivity index (χ4n) is 5.17. The van der Waals surface area contributed by atoms with Gasteiger partial charge in [-0.3, -0.25) is 9.11 Å². The van der Waals surface area contributed by atoms with Gasteiger partial charge in [0.15, 0.2) is 0 Å². The van der Waals surface area contributed by atoms with E-state index in [1.165, 1.54) is 12.2 Å². The smallest absolute Gasteiger partial charge is 0.310 e. The fourth-order valence-corrected chi connectivity index (χ4v) is 6.74. The molecule has 0 saturated heterocycles. The van der Waals surface area contributed by atoms with Gasteiger partial charge in [0.1, 0.15) is 17.1 Å². The number of rotatable bonds is 12. The van der Waals surface area contributed by atoms with E-state index in [4.69, 9.17) is 9.47 Å². The highest BCUT2D eigenvalue weighted by atomic mass is 32.2. The summed E-state index contributed by atoms with van der Waals surface area (Å²) in [6, 6.07) is 18.1. The topological polar surface area (TPSA) is 127 Å². The minimum atomic E-state index is -4.41. The van der Waals surface area contributed by atoms with Gasteiger partial charge in [0.2, 0.25) is 0 Å². The Bertz CT molecular complexity index is 1590. The zero-order valence-corrected chi connectivity index (χ0v) is 27.5. The van der Waals surface area contributed by atoms with Crippen molar-refractivity contribution in [3.8, 4) is 11.5 Å². The number of allylic oxidation sites excluding steroid dienone is 3. The largest absolute Gasteiger partial charge is 0.483 e. The third-order valence-electron chi connectivity index (χ3n) is 7.61. The summed E-state index contributed by atoms with van der Waals surface area (Å²) in [7, 11) is -8.60. The lowest BCUT2D eigenvalue weighted by Crippen LogP contribution is -2.44. The minimum Gasteiger partial charge on any atom is -0.483 e. The predicted molar refractivity (Wildman–Crippen MR) is 175 cm³/mol. The van der Waals surface area contributed by atoms with Crippen molar-refractivity contribution >= 4 is 20.2 Å². The third-order valence-corrected chi connectivity index (χ3v) is 9.83. The molecule has 2 unspecified atom stereocenters. The number of ether oxygens (including phenoxy) is 2. The van der Waals surface area contributed by atoms with Crippen molar-refractivity contribution in [2.45, 2.75) is 89.6 Å². The highest BCUT2D eigenvalue weighted by molar-refractivity contribution is 7.90. The standard InChI is InChI=1S/2C17H22O4S/c1-3-4-8-14-13-17(2,12-11-16(14)22(18,19)20)21-15-9-6-5-7-10-15;1-3-4-8-15-13-17(22(18,19)20,12-11-14(15)2)21-16-9-6-5-7-10-16/h2*5-7,9-12H,3-4,8,13H2,1-2H3,(H,18,19,20). The Morgan fingerprint density at radius 2 is 1.25 bits per heavy atom. The molecule has 0 radical (unpaired) electrons. The molecule has 4 rings (SSSR count). The Morgan fingerprint density at radius 3 is 1.75 bits per heavy atom. The van der Waals surface area contributed by atoms with Crippen LogP contribution in [0.4, 0.5) is 0 Å². The first-order chi connectivity index (χ1) is 20.7. The van der Waals surface area contributed by atoms with Gasteiger partial charge in [0.05, 0.1) is 4.91 Å². The predicted octanol–water partition coefficient (Wildman–Crippen LogP) is 8.23. The first-order valence-corrected chi connectivity index (χ1v) is 17.8. The average molecular weight is 645 g/mol. The minimum absolute atomic E-state index is 0.0232. The second kappa shape index (κ2) is 15.2. The average Bonchev–Trinajstić information content (AvgIpc) is 2.96. The van der Waals surface area contributed by atoms with Gasteiger partial charge in [-0.1, -0.05) is 80.3 Å². The van der Waals surface area contributed by atoms with Gasteiger partial charge in [-0.2, -0.15) is 16.8 Å². The molecule has 0 saturated carbocycles. The van der Waals surface area contributed by atoms with Crippen molar-refractivity contribution in [1.82, 2.24) is 0 Å². The van der Waals surface area contributed by atoms with Crippen LogP contribution < -0.4 is 9.47 Å². The molecule has 2 atom stereocenters. The van der Waals surface area contributed by atoms with Gasteiger partial charge in [-0.05, 0) is 87.6 Å². The van der Waals surface area contributed by atoms with E-state index in [2.05, 4.69) is 6.92 Å². The molecular weight excluding hydrogens is 601 g/mol. The molecule has 44 heavy (non-hydrogen) atoms. The van der Waals surface area contributed by atoms with E-state index < -0.39 is 30.8 Å². The molecule has 8 nitrogen and oxygen atoms in total. The van der Waals surface area contributed by atoms with Gasteiger partial charge in [0, 0.05) is 12.8 Å². The Balaban J connectivity index is 0.000000240. The second-order valence-corrected chi connectivity index (χ2v) is 14.4. The van der Waals surface area contributed by atoms with Crippen LogP contribution in [0, 0.1) is 0 Å². The van der Waals surface area contributed by atoms with E-state index in [0.717, 1.165) is 54.6 Å². The number of unbranched alkanes of at least 4 members (excludes halogenated alkanes) is 2. The molecule has 240 valence electrons. The van der Waals surface area contributed by atoms with Crippen molar-refractivity contribution in [2.75, 3.05) is 0 Å². The lowest BCUT2D eigenvalue weighted by atomic mass is 9.88. The Labute approximate surface area is 262 Å². The molecule has 2 aliphatic rings. The van der Waals surface area contributed by atoms with E-state index in [9.17, 15) is 25.9 Å². The summed E-state index contributed by atoms with van der Waals surface area (Å²) in [5.41, 5.74) is 2.17. The molecule has 0 spiro atoms. The number of hydrogen-bond acceptors (Lipinski definition) is 6. The van der Waals surface area contributed by atoms with Crippen LogP contribution in [0.3, 0.4) is 0 Å². The van der Waals surface area contributed by atoms with Gasteiger partial charge in [-0.25, -0.2) is 0 Å². The van der Waals surface area contributed by atoms with E-state index >= 15 is 0 Å². The van der Waals surface area contributed by atoms with Crippen LogP contribution in [0.25, 0.3) is 0 Å². The molecule has 0 aromatic heterocycles. The summed E-state index contributed by atoms with van der Waals surface area (Å²) in [6.45, 7) is 8.01. The molecular formula is C34H44O8S2. The van der Waals surface area contributed by atoms with E-state index in [1.54, 1.807) is 36.4 Å². The molecule has 0 fully saturated rings. The Morgan fingerprint density at radius 1 is 0.727 bits per heavy atom. The Kier molecular flexibility index (Phi) is 12.2. The van der Waals surface area contributed by atoms with Gasteiger partial charge >= 0.3 is 10.1 Å². The first kappa shape index (κ1) is 35.3. The number of benzene rings is 2. The van der Waals surface area contributed by atoms with Gasteiger partial charge in [-0.15, -0.1) is 0 Å². The van der Waals surface area contributed by atoms with Crippen molar-refractivity contribution in [2.24, 2.45) is 0 Å². The van der Waals surface area contributed by atoms with E-state index in [0.29, 0.717) is 18.6 Å². The zero-order chi connectivity index (χ0) is 32.4. The molecule has 2 aliphatic carbocycles. The van der Waals surface area contributed by atoms with Gasteiger partial charge < -0.3 is 9.47 Å².